The number of aromatic hydroxyl groups is 2. The number of nitrogens with zero attached hydrogens (tertiary/aromatic N) is 2. The summed E-state index contributed by atoms with van der Waals surface area (Å²) < 4.78 is 22.7. The van der Waals surface area contributed by atoms with Crippen molar-refractivity contribution in [2.24, 2.45) is 15.4 Å². The lowest BCUT2D eigenvalue weighted by Gasteiger charge is -2.03. The average Bonchev–Trinajstić information content (AvgIpc) is 2.53. The number of primary sulfonamides is 1. The standard InChI is InChI=1S/C16H13N3O4S/c17-24(22,23)12-5-6-15(20)14(9-12)19-18-13-7-10-3-1-2-4-11(10)8-16(13)21/h1-9,20-21H,(H2,17,22,23). The van der Waals surface area contributed by atoms with Crippen molar-refractivity contribution in [2.75, 3.05) is 0 Å². The quantitative estimate of drug-likeness (QED) is 0.631. The van der Waals surface area contributed by atoms with Crippen LogP contribution in [0.1, 0.15) is 0 Å². The minimum absolute atomic E-state index is 0.0749. The third-order valence-corrected chi connectivity index (χ3v) is 4.29. The van der Waals surface area contributed by atoms with E-state index in [9.17, 15) is 18.6 Å². The van der Waals surface area contributed by atoms with Crippen molar-refractivity contribution in [3.63, 3.8) is 0 Å². The molecule has 122 valence electrons. The van der Waals surface area contributed by atoms with Gasteiger partial charge in [-0.25, -0.2) is 13.6 Å². The maximum absolute atomic E-state index is 11.4. The predicted molar refractivity (Wildman–Crippen MR) is 89.3 cm³/mol. The minimum Gasteiger partial charge on any atom is -0.506 e. The molecule has 0 heterocycles. The third-order valence-electron chi connectivity index (χ3n) is 3.38. The Morgan fingerprint density at radius 2 is 1.38 bits per heavy atom. The van der Waals surface area contributed by atoms with E-state index in [0.717, 1.165) is 29.0 Å². The molecule has 24 heavy (non-hydrogen) atoms. The van der Waals surface area contributed by atoms with Crippen LogP contribution in [-0.2, 0) is 10.0 Å². The number of azo groups is 1. The van der Waals surface area contributed by atoms with E-state index in [-0.39, 0.29) is 27.8 Å². The number of rotatable bonds is 3. The van der Waals surface area contributed by atoms with Gasteiger partial charge in [0.15, 0.2) is 0 Å². The van der Waals surface area contributed by atoms with Crippen molar-refractivity contribution in [2.45, 2.75) is 4.90 Å². The molecular weight excluding hydrogens is 330 g/mol. The first-order valence-electron chi connectivity index (χ1n) is 6.84. The van der Waals surface area contributed by atoms with Gasteiger partial charge in [0.1, 0.15) is 22.9 Å². The molecule has 3 aromatic rings. The maximum Gasteiger partial charge on any atom is 0.238 e. The molecule has 0 amide bonds. The van der Waals surface area contributed by atoms with Crippen LogP contribution in [0.15, 0.2) is 69.7 Å². The molecule has 4 N–H and O–H groups in total. The minimum atomic E-state index is -3.92. The van der Waals surface area contributed by atoms with Gasteiger partial charge in [0.05, 0.1) is 4.90 Å². The number of phenolic OH excluding ortho intramolecular Hbond substituents is 2. The normalized spacial score (nSPS) is 12.0. The number of nitrogens with two attached hydrogens (primary N) is 1. The van der Waals surface area contributed by atoms with Gasteiger partial charge in [-0.2, -0.15) is 0 Å². The Bertz CT molecular complexity index is 1060. The van der Waals surface area contributed by atoms with E-state index in [0.29, 0.717) is 0 Å². The topological polar surface area (TPSA) is 125 Å². The molecule has 0 aromatic heterocycles. The van der Waals surface area contributed by atoms with E-state index in [1.807, 2.05) is 24.3 Å². The van der Waals surface area contributed by atoms with Crippen LogP contribution in [0, 0.1) is 0 Å². The highest BCUT2D eigenvalue weighted by atomic mass is 32.2. The first kappa shape index (κ1) is 15.9. The maximum atomic E-state index is 11.4. The van der Waals surface area contributed by atoms with Crippen molar-refractivity contribution in [3.8, 4) is 11.5 Å². The van der Waals surface area contributed by atoms with Crippen molar-refractivity contribution in [3.05, 3.63) is 54.6 Å². The second kappa shape index (κ2) is 5.91. The number of benzene rings is 3. The fourth-order valence-electron chi connectivity index (χ4n) is 2.16. The van der Waals surface area contributed by atoms with E-state index in [2.05, 4.69) is 10.2 Å². The highest BCUT2D eigenvalue weighted by Crippen LogP contribution is 2.35. The van der Waals surface area contributed by atoms with Gasteiger partial charge in [0.25, 0.3) is 0 Å². The van der Waals surface area contributed by atoms with Crippen LogP contribution in [0.5, 0.6) is 11.5 Å². The number of fused-ring (bicyclic) bond motifs is 1. The van der Waals surface area contributed by atoms with Gasteiger partial charge in [0.2, 0.25) is 10.0 Å². The van der Waals surface area contributed by atoms with E-state index in [1.165, 1.54) is 0 Å². The molecule has 0 aliphatic carbocycles. The molecule has 0 saturated carbocycles. The smallest absolute Gasteiger partial charge is 0.238 e. The van der Waals surface area contributed by atoms with Crippen molar-refractivity contribution < 1.29 is 18.6 Å². The molecule has 3 aromatic carbocycles. The average molecular weight is 343 g/mol. The summed E-state index contributed by atoms with van der Waals surface area (Å²) in [6.07, 6.45) is 0. The van der Waals surface area contributed by atoms with Crippen LogP contribution in [-0.4, -0.2) is 18.6 Å². The fourth-order valence-corrected chi connectivity index (χ4v) is 2.70. The van der Waals surface area contributed by atoms with E-state index >= 15 is 0 Å². The summed E-state index contributed by atoms with van der Waals surface area (Å²) in [4.78, 5) is -0.197. The summed E-state index contributed by atoms with van der Waals surface area (Å²) in [6.45, 7) is 0. The highest BCUT2D eigenvalue weighted by molar-refractivity contribution is 7.89. The summed E-state index contributed by atoms with van der Waals surface area (Å²) in [6, 6.07) is 14.0. The zero-order valence-electron chi connectivity index (χ0n) is 12.3. The molecule has 0 saturated heterocycles. The molecule has 0 atom stereocenters. The summed E-state index contributed by atoms with van der Waals surface area (Å²) in [5.74, 6) is -0.342. The zero-order chi connectivity index (χ0) is 17.3. The van der Waals surface area contributed by atoms with Crippen LogP contribution in [0.3, 0.4) is 0 Å². The SMILES string of the molecule is NS(=O)(=O)c1ccc(O)c(N=Nc2cc3ccccc3cc2O)c1. The second-order valence-electron chi connectivity index (χ2n) is 5.08. The molecule has 0 spiro atoms. The monoisotopic (exact) mass is 343 g/mol. The lowest BCUT2D eigenvalue weighted by Crippen LogP contribution is -2.11. The number of phenols is 2. The molecule has 0 bridgehead atoms. The van der Waals surface area contributed by atoms with Crippen molar-refractivity contribution in [1.29, 1.82) is 0 Å². The zero-order valence-corrected chi connectivity index (χ0v) is 13.1. The van der Waals surface area contributed by atoms with E-state index < -0.39 is 10.0 Å². The Balaban J connectivity index is 2.04. The van der Waals surface area contributed by atoms with Crippen LogP contribution in [0.4, 0.5) is 11.4 Å². The Morgan fingerprint density at radius 3 is 2.00 bits per heavy atom. The molecule has 0 aliphatic heterocycles. The Morgan fingerprint density at radius 1 is 0.792 bits per heavy atom. The van der Waals surface area contributed by atoms with Crippen LogP contribution in [0.25, 0.3) is 10.8 Å². The molecule has 0 aliphatic rings. The molecule has 3 rings (SSSR count). The van der Waals surface area contributed by atoms with Gasteiger partial charge in [-0.3, -0.25) is 0 Å². The van der Waals surface area contributed by atoms with Gasteiger partial charge >= 0.3 is 0 Å². The molecular formula is C16H13N3O4S. The fraction of sp³-hybridized carbons (Fsp3) is 0. The molecule has 0 radical (unpaired) electrons. The van der Waals surface area contributed by atoms with Crippen molar-refractivity contribution in [1.82, 2.24) is 0 Å². The largest absolute Gasteiger partial charge is 0.506 e. The molecule has 0 fully saturated rings. The van der Waals surface area contributed by atoms with Crippen LogP contribution in [0.2, 0.25) is 0 Å². The predicted octanol–water partition coefficient (Wildman–Crippen LogP) is 3.31. The lowest BCUT2D eigenvalue weighted by atomic mass is 10.1. The highest BCUT2D eigenvalue weighted by Gasteiger charge is 2.11. The van der Waals surface area contributed by atoms with Gasteiger partial charge in [-0.1, -0.05) is 24.3 Å². The first-order valence-corrected chi connectivity index (χ1v) is 8.38. The second-order valence-corrected chi connectivity index (χ2v) is 6.65. The van der Waals surface area contributed by atoms with E-state index in [4.69, 9.17) is 5.14 Å². The van der Waals surface area contributed by atoms with Gasteiger partial charge in [-0.05, 0) is 41.1 Å². The third kappa shape index (κ3) is 3.19. The van der Waals surface area contributed by atoms with Crippen molar-refractivity contribution >= 4 is 32.2 Å². The summed E-state index contributed by atoms with van der Waals surface area (Å²) in [7, 11) is -3.92. The van der Waals surface area contributed by atoms with Crippen LogP contribution >= 0.6 is 0 Å². The Hall–Kier alpha value is -2.97. The molecule has 7 nitrogen and oxygen atoms in total. The summed E-state index contributed by atoms with van der Waals surface area (Å²) in [5.41, 5.74) is 0.114. The Kier molecular flexibility index (Phi) is 3.92. The Labute approximate surface area is 137 Å². The van der Waals surface area contributed by atoms with Gasteiger partial charge in [0, 0.05) is 0 Å². The van der Waals surface area contributed by atoms with Crippen LogP contribution < -0.4 is 5.14 Å². The number of hydrogen-bond acceptors (Lipinski definition) is 6. The molecule has 8 heteroatoms. The lowest BCUT2D eigenvalue weighted by molar-refractivity contribution is 0.474. The summed E-state index contributed by atoms with van der Waals surface area (Å²) >= 11 is 0. The molecule has 0 unspecified atom stereocenters. The number of hydrogen-bond donors (Lipinski definition) is 3. The first-order chi connectivity index (χ1) is 11.3. The number of sulfonamides is 1. The van der Waals surface area contributed by atoms with Gasteiger partial charge < -0.3 is 10.2 Å². The van der Waals surface area contributed by atoms with E-state index in [1.54, 1.807) is 12.1 Å². The summed E-state index contributed by atoms with van der Waals surface area (Å²) in [5, 5.41) is 34.2. The van der Waals surface area contributed by atoms with Gasteiger partial charge in [-0.15, -0.1) is 10.2 Å².